The van der Waals surface area contributed by atoms with Crippen molar-refractivity contribution in [1.82, 2.24) is 9.80 Å². The van der Waals surface area contributed by atoms with E-state index in [4.69, 9.17) is 10.5 Å². The molecule has 21 heavy (non-hydrogen) atoms. The van der Waals surface area contributed by atoms with Gasteiger partial charge in [0, 0.05) is 26.2 Å². The molecule has 1 unspecified atom stereocenters. The summed E-state index contributed by atoms with van der Waals surface area (Å²) in [6.07, 6.45) is 6.50. The first kappa shape index (κ1) is 17.2. The fourth-order valence-corrected chi connectivity index (χ4v) is 3.84. The zero-order valence-electron chi connectivity index (χ0n) is 14.3. The van der Waals surface area contributed by atoms with Crippen molar-refractivity contribution in [3.63, 3.8) is 0 Å². The molecule has 2 aliphatic rings. The Bertz CT molecular complexity index is 294. The van der Waals surface area contributed by atoms with Crippen LogP contribution in [0.1, 0.15) is 46.0 Å². The maximum absolute atomic E-state index is 6.03. The molecule has 0 aliphatic carbocycles. The lowest BCUT2D eigenvalue weighted by Gasteiger charge is -2.40. The van der Waals surface area contributed by atoms with Crippen LogP contribution in [-0.4, -0.2) is 67.8 Å². The average Bonchev–Trinajstić information content (AvgIpc) is 2.99. The van der Waals surface area contributed by atoms with Crippen molar-refractivity contribution in [2.45, 2.75) is 57.6 Å². The normalized spacial score (nSPS) is 24.6. The molecule has 1 atom stereocenters. The third kappa shape index (κ3) is 5.20. The van der Waals surface area contributed by atoms with Crippen molar-refractivity contribution in [2.75, 3.05) is 46.4 Å². The molecule has 2 aliphatic heterocycles. The van der Waals surface area contributed by atoms with Crippen molar-refractivity contribution >= 4 is 0 Å². The Morgan fingerprint density at radius 1 is 1.14 bits per heavy atom. The number of piperidine rings is 1. The molecule has 0 bridgehead atoms. The second-order valence-electron chi connectivity index (χ2n) is 7.54. The third-order valence-corrected chi connectivity index (χ3v) is 5.43. The van der Waals surface area contributed by atoms with Crippen LogP contribution >= 0.6 is 0 Å². The van der Waals surface area contributed by atoms with Gasteiger partial charge in [0.15, 0.2) is 0 Å². The molecule has 0 spiro atoms. The van der Waals surface area contributed by atoms with Crippen molar-refractivity contribution in [1.29, 1.82) is 0 Å². The minimum Gasteiger partial charge on any atom is -0.379 e. The number of methoxy groups -OCH3 is 1. The van der Waals surface area contributed by atoms with Crippen LogP contribution in [0.3, 0.4) is 0 Å². The van der Waals surface area contributed by atoms with Crippen molar-refractivity contribution in [3.05, 3.63) is 0 Å². The first-order valence-corrected chi connectivity index (χ1v) is 8.75. The Hall–Kier alpha value is -0.160. The molecule has 0 aromatic rings. The molecule has 124 valence electrons. The Balaban J connectivity index is 1.75. The SMILES string of the molecule is COC(C)(C)CC(CN)N1CCC(CN2CCCC2)CC1. The largest absolute Gasteiger partial charge is 0.379 e. The van der Waals surface area contributed by atoms with E-state index in [-0.39, 0.29) is 5.60 Å². The van der Waals surface area contributed by atoms with E-state index in [9.17, 15) is 0 Å². The highest BCUT2D eigenvalue weighted by Gasteiger charge is 2.30. The van der Waals surface area contributed by atoms with Crippen LogP contribution in [0.4, 0.5) is 0 Å². The van der Waals surface area contributed by atoms with Gasteiger partial charge in [0.1, 0.15) is 0 Å². The standard InChI is InChI=1S/C17H35N3O/c1-17(2,21-3)12-16(13-18)20-10-6-15(7-11-20)14-19-8-4-5-9-19/h15-16H,4-14,18H2,1-3H3. The summed E-state index contributed by atoms with van der Waals surface area (Å²) in [5.41, 5.74) is 5.95. The summed E-state index contributed by atoms with van der Waals surface area (Å²) in [6, 6.07) is 0.465. The van der Waals surface area contributed by atoms with Gasteiger partial charge in [0.05, 0.1) is 5.60 Å². The van der Waals surface area contributed by atoms with E-state index in [1.54, 1.807) is 7.11 Å². The number of nitrogens with zero attached hydrogens (tertiary/aromatic N) is 2. The van der Waals surface area contributed by atoms with Crippen molar-refractivity contribution in [2.24, 2.45) is 11.7 Å². The molecule has 0 radical (unpaired) electrons. The van der Waals surface area contributed by atoms with E-state index in [0.29, 0.717) is 6.04 Å². The molecule has 0 amide bonds. The molecule has 4 nitrogen and oxygen atoms in total. The van der Waals surface area contributed by atoms with E-state index in [0.717, 1.165) is 18.9 Å². The Kier molecular flexibility index (Phi) is 6.48. The number of rotatable bonds is 7. The lowest BCUT2D eigenvalue weighted by Crippen LogP contribution is -2.49. The van der Waals surface area contributed by atoms with Crippen molar-refractivity contribution < 1.29 is 4.74 Å². The zero-order valence-corrected chi connectivity index (χ0v) is 14.3. The summed E-state index contributed by atoms with van der Waals surface area (Å²) in [5, 5.41) is 0. The molecule has 4 heteroatoms. The number of likely N-dealkylation sites (tertiary alicyclic amines) is 2. The van der Waals surface area contributed by atoms with E-state index < -0.39 is 0 Å². The predicted octanol–water partition coefficient (Wildman–Crippen LogP) is 1.94. The smallest absolute Gasteiger partial charge is 0.0638 e. The van der Waals surface area contributed by atoms with Gasteiger partial charge < -0.3 is 15.4 Å². The van der Waals surface area contributed by atoms with E-state index >= 15 is 0 Å². The van der Waals surface area contributed by atoms with Gasteiger partial charge >= 0.3 is 0 Å². The van der Waals surface area contributed by atoms with Crippen LogP contribution in [0.5, 0.6) is 0 Å². The fourth-order valence-electron chi connectivity index (χ4n) is 3.84. The van der Waals surface area contributed by atoms with Gasteiger partial charge in [0.2, 0.25) is 0 Å². The highest BCUT2D eigenvalue weighted by molar-refractivity contribution is 4.85. The number of nitrogens with two attached hydrogens (primary N) is 1. The molecule has 2 saturated heterocycles. The highest BCUT2D eigenvalue weighted by atomic mass is 16.5. The molecular formula is C17H35N3O. The summed E-state index contributed by atoms with van der Waals surface area (Å²) in [5.74, 6) is 0.896. The molecule has 2 N–H and O–H groups in total. The summed E-state index contributed by atoms with van der Waals surface area (Å²) in [6.45, 7) is 11.5. The van der Waals surface area contributed by atoms with Gasteiger partial charge in [-0.15, -0.1) is 0 Å². The minimum atomic E-state index is -0.0730. The van der Waals surface area contributed by atoms with Crippen LogP contribution in [-0.2, 0) is 4.74 Å². The maximum Gasteiger partial charge on any atom is 0.0638 e. The van der Waals surface area contributed by atoms with E-state index in [1.165, 1.54) is 58.4 Å². The van der Waals surface area contributed by atoms with Crippen LogP contribution in [0, 0.1) is 5.92 Å². The van der Waals surface area contributed by atoms with Crippen molar-refractivity contribution in [3.8, 4) is 0 Å². The fraction of sp³-hybridized carbons (Fsp3) is 1.00. The first-order valence-electron chi connectivity index (χ1n) is 8.75. The molecule has 2 fully saturated rings. The van der Waals surface area contributed by atoms with Crippen LogP contribution in [0.2, 0.25) is 0 Å². The van der Waals surface area contributed by atoms with Gasteiger partial charge in [-0.1, -0.05) is 0 Å². The first-order chi connectivity index (χ1) is 10.0. The number of ether oxygens (including phenoxy) is 1. The number of hydrogen-bond donors (Lipinski definition) is 1. The lowest BCUT2D eigenvalue weighted by atomic mass is 9.92. The van der Waals surface area contributed by atoms with E-state index in [2.05, 4.69) is 23.6 Å². The zero-order chi connectivity index (χ0) is 15.3. The molecular weight excluding hydrogens is 262 g/mol. The molecule has 0 aromatic carbocycles. The van der Waals surface area contributed by atoms with Gasteiger partial charge in [-0.2, -0.15) is 0 Å². The summed E-state index contributed by atoms with van der Waals surface area (Å²) < 4.78 is 5.58. The van der Waals surface area contributed by atoms with E-state index in [1.807, 2.05) is 0 Å². The Morgan fingerprint density at radius 3 is 2.29 bits per heavy atom. The average molecular weight is 297 g/mol. The summed E-state index contributed by atoms with van der Waals surface area (Å²) >= 11 is 0. The van der Waals surface area contributed by atoms with Gasteiger partial charge in [0.25, 0.3) is 0 Å². The second-order valence-corrected chi connectivity index (χ2v) is 7.54. The molecule has 2 heterocycles. The van der Waals surface area contributed by atoms with Gasteiger partial charge in [-0.25, -0.2) is 0 Å². The quantitative estimate of drug-likeness (QED) is 0.780. The van der Waals surface area contributed by atoms with Crippen LogP contribution in [0.25, 0.3) is 0 Å². The second kappa shape index (κ2) is 7.91. The summed E-state index contributed by atoms with van der Waals surface area (Å²) in [7, 11) is 1.80. The number of hydrogen-bond acceptors (Lipinski definition) is 4. The predicted molar refractivity (Wildman–Crippen MR) is 88.5 cm³/mol. The Morgan fingerprint density at radius 2 is 1.76 bits per heavy atom. The highest BCUT2D eigenvalue weighted by Crippen LogP contribution is 2.25. The third-order valence-electron chi connectivity index (χ3n) is 5.43. The van der Waals surface area contributed by atoms with Crippen LogP contribution in [0.15, 0.2) is 0 Å². The molecule has 0 aromatic heterocycles. The maximum atomic E-state index is 6.03. The minimum absolute atomic E-state index is 0.0730. The van der Waals surface area contributed by atoms with Gasteiger partial charge in [-0.05, 0) is 78.0 Å². The van der Waals surface area contributed by atoms with Crippen LogP contribution < -0.4 is 5.73 Å². The molecule has 0 saturated carbocycles. The molecule has 2 rings (SSSR count). The monoisotopic (exact) mass is 297 g/mol. The summed E-state index contributed by atoms with van der Waals surface area (Å²) in [4.78, 5) is 5.26. The topological polar surface area (TPSA) is 41.7 Å². The Labute approximate surface area is 131 Å². The van der Waals surface area contributed by atoms with Gasteiger partial charge in [-0.3, -0.25) is 4.90 Å². The lowest BCUT2D eigenvalue weighted by molar-refractivity contribution is -0.0128.